The summed E-state index contributed by atoms with van der Waals surface area (Å²) < 4.78 is 10.2. The molecule has 0 atom stereocenters. The highest BCUT2D eigenvalue weighted by Gasteiger charge is 2.16. The van der Waals surface area contributed by atoms with E-state index in [4.69, 9.17) is 9.26 Å². The second kappa shape index (κ2) is 9.24. The number of hydrogen-bond donors (Lipinski definition) is 1. The van der Waals surface area contributed by atoms with Crippen LogP contribution in [0.25, 0.3) is 17.5 Å². The van der Waals surface area contributed by atoms with Gasteiger partial charge in [0.25, 0.3) is 11.6 Å². The van der Waals surface area contributed by atoms with Gasteiger partial charge in [0.05, 0.1) is 4.92 Å². The lowest BCUT2D eigenvalue weighted by Gasteiger charge is -2.07. The Kier molecular flexibility index (Phi) is 6.28. The van der Waals surface area contributed by atoms with Crippen LogP contribution in [0.15, 0.2) is 64.8 Å². The maximum Gasteiger partial charge on any atom is 0.355 e. The first-order chi connectivity index (χ1) is 14.4. The van der Waals surface area contributed by atoms with Gasteiger partial charge in [0.15, 0.2) is 6.61 Å². The average Bonchev–Trinajstić information content (AvgIpc) is 3.21. The van der Waals surface area contributed by atoms with Gasteiger partial charge in [-0.2, -0.15) is 4.98 Å². The molecule has 1 amide bonds. The SMILES string of the molecule is CC(=O)NC(=Cc1ccccc1)C(=O)OCc1nc(-c2ccc([N+](=O)[O-])cc2)no1. The predicted octanol–water partition coefficient (Wildman–Crippen LogP) is 2.87. The van der Waals surface area contributed by atoms with E-state index in [1.807, 2.05) is 6.07 Å². The molecule has 0 aliphatic rings. The van der Waals surface area contributed by atoms with Gasteiger partial charge in [0.2, 0.25) is 11.7 Å². The van der Waals surface area contributed by atoms with Crippen molar-refractivity contribution in [1.82, 2.24) is 15.5 Å². The number of aromatic nitrogens is 2. The number of nitrogens with zero attached hydrogens (tertiary/aromatic N) is 3. The van der Waals surface area contributed by atoms with Crippen LogP contribution in [-0.2, 0) is 20.9 Å². The molecule has 30 heavy (non-hydrogen) atoms. The van der Waals surface area contributed by atoms with E-state index in [2.05, 4.69) is 15.5 Å². The molecule has 10 nitrogen and oxygen atoms in total. The van der Waals surface area contributed by atoms with Gasteiger partial charge in [-0.15, -0.1) is 0 Å². The fourth-order valence-corrected chi connectivity index (χ4v) is 2.42. The zero-order valence-electron chi connectivity index (χ0n) is 15.8. The lowest BCUT2D eigenvalue weighted by Crippen LogP contribution is -2.26. The van der Waals surface area contributed by atoms with Gasteiger partial charge in [-0.3, -0.25) is 14.9 Å². The van der Waals surface area contributed by atoms with Gasteiger partial charge in [0.1, 0.15) is 5.70 Å². The summed E-state index contributed by atoms with van der Waals surface area (Å²) in [5.41, 5.74) is 1.11. The lowest BCUT2D eigenvalue weighted by molar-refractivity contribution is -0.384. The zero-order valence-corrected chi connectivity index (χ0v) is 15.8. The van der Waals surface area contributed by atoms with Gasteiger partial charge in [-0.25, -0.2) is 4.79 Å². The van der Waals surface area contributed by atoms with E-state index >= 15 is 0 Å². The van der Waals surface area contributed by atoms with Crippen LogP contribution in [0, 0.1) is 10.1 Å². The second-order valence-corrected chi connectivity index (χ2v) is 6.04. The third-order valence-corrected chi connectivity index (χ3v) is 3.77. The highest BCUT2D eigenvalue weighted by atomic mass is 16.6. The molecule has 0 unspecified atom stereocenters. The van der Waals surface area contributed by atoms with Gasteiger partial charge in [-0.1, -0.05) is 35.5 Å². The Morgan fingerprint density at radius 3 is 2.50 bits per heavy atom. The fraction of sp³-hybridized carbons (Fsp3) is 0.100. The first kappa shape index (κ1) is 20.4. The second-order valence-electron chi connectivity index (χ2n) is 6.04. The maximum absolute atomic E-state index is 12.4. The number of hydrogen-bond acceptors (Lipinski definition) is 8. The minimum absolute atomic E-state index is 0.0265. The van der Waals surface area contributed by atoms with Crippen LogP contribution in [0.1, 0.15) is 18.4 Å². The Hall–Kier alpha value is -4.34. The number of nitro groups is 1. The van der Waals surface area contributed by atoms with Crippen LogP contribution in [0.5, 0.6) is 0 Å². The molecule has 1 N–H and O–H groups in total. The molecule has 0 saturated heterocycles. The maximum atomic E-state index is 12.4. The summed E-state index contributed by atoms with van der Waals surface area (Å²) in [6.07, 6.45) is 1.49. The van der Waals surface area contributed by atoms with Crippen LogP contribution < -0.4 is 5.32 Å². The molecule has 1 aromatic heterocycles. The number of rotatable bonds is 7. The van der Waals surface area contributed by atoms with Crippen molar-refractivity contribution in [2.75, 3.05) is 0 Å². The molecule has 0 spiro atoms. The smallest absolute Gasteiger partial charge is 0.355 e. The number of nitrogens with one attached hydrogen (secondary N) is 1. The number of nitro benzene ring substituents is 1. The lowest BCUT2D eigenvalue weighted by atomic mass is 10.2. The van der Waals surface area contributed by atoms with Gasteiger partial charge < -0.3 is 14.6 Å². The molecule has 0 fully saturated rings. The third kappa shape index (κ3) is 5.35. The van der Waals surface area contributed by atoms with E-state index in [9.17, 15) is 19.7 Å². The molecule has 1 heterocycles. The Bertz CT molecular complexity index is 1090. The Labute approximate surface area is 170 Å². The highest BCUT2D eigenvalue weighted by molar-refractivity contribution is 5.97. The number of esters is 1. The summed E-state index contributed by atoms with van der Waals surface area (Å²) in [5, 5.41) is 16.9. The molecule has 3 aromatic rings. The number of non-ortho nitro benzene ring substituents is 1. The van der Waals surface area contributed by atoms with E-state index in [0.717, 1.165) is 0 Å². The molecule has 0 aliphatic heterocycles. The average molecular weight is 408 g/mol. The first-order valence-electron chi connectivity index (χ1n) is 8.71. The van der Waals surface area contributed by atoms with Crippen molar-refractivity contribution < 1.29 is 23.8 Å². The predicted molar refractivity (Wildman–Crippen MR) is 104 cm³/mol. The van der Waals surface area contributed by atoms with Crippen LogP contribution in [-0.4, -0.2) is 26.9 Å². The van der Waals surface area contributed by atoms with Gasteiger partial charge >= 0.3 is 5.97 Å². The van der Waals surface area contributed by atoms with E-state index in [0.29, 0.717) is 11.1 Å². The van der Waals surface area contributed by atoms with Crippen molar-refractivity contribution in [1.29, 1.82) is 0 Å². The molecule has 0 bridgehead atoms. The summed E-state index contributed by atoms with van der Waals surface area (Å²) in [5.74, 6) is -0.979. The fourth-order valence-electron chi connectivity index (χ4n) is 2.42. The van der Waals surface area contributed by atoms with Crippen molar-refractivity contribution in [3.63, 3.8) is 0 Å². The van der Waals surface area contributed by atoms with E-state index < -0.39 is 16.8 Å². The molecule has 3 rings (SSSR count). The van der Waals surface area contributed by atoms with Crippen molar-refractivity contribution in [2.24, 2.45) is 0 Å². The number of ether oxygens (including phenoxy) is 1. The van der Waals surface area contributed by atoms with Crippen LogP contribution >= 0.6 is 0 Å². The molecule has 10 heteroatoms. The summed E-state index contributed by atoms with van der Waals surface area (Å²) in [4.78, 5) is 38.1. The van der Waals surface area contributed by atoms with Gasteiger partial charge in [-0.05, 0) is 23.8 Å². The molecule has 0 radical (unpaired) electrons. The Balaban J connectivity index is 1.68. The molecular formula is C20H16N4O6. The summed E-state index contributed by atoms with van der Waals surface area (Å²) in [6.45, 7) is 0.963. The normalized spacial score (nSPS) is 11.0. The minimum Gasteiger partial charge on any atom is -0.451 e. The Morgan fingerprint density at radius 1 is 1.17 bits per heavy atom. The summed E-state index contributed by atoms with van der Waals surface area (Å²) in [7, 11) is 0. The standard InChI is InChI=1S/C20H16N4O6/c1-13(25)21-17(11-14-5-3-2-4-6-14)20(26)29-12-18-22-19(23-30-18)15-7-9-16(10-8-15)24(27)28/h2-11H,12H2,1H3,(H,21,25). The number of carbonyl (C=O) groups excluding carboxylic acids is 2. The molecular weight excluding hydrogens is 392 g/mol. The quantitative estimate of drug-likeness (QED) is 0.273. The molecule has 0 saturated carbocycles. The minimum atomic E-state index is -0.774. The Morgan fingerprint density at radius 2 is 1.87 bits per heavy atom. The van der Waals surface area contributed by atoms with E-state index in [-0.39, 0.29) is 29.7 Å². The number of carbonyl (C=O) groups is 2. The van der Waals surface area contributed by atoms with Crippen LogP contribution in [0.3, 0.4) is 0 Å². The van der Waals surface area contributed by atoms with Gasteiger partial charge in [0, 0.05) is 24.6 Å². The van der Waals surface area contributed by atoms with Crippen molar-refractivity contribution >= 4 is 23.6 Å². The first-order valence-corrected chi connectivity index (χ1v) is 8.71. The van der Waals surface area contributed by atoms with Crippen molar-refractivity contribution in [3.05, 3.63) is 81.9 Å². The highest BCUT2D eigenvalue weighted by Crippen LogP contribution is 2.20. The third-order valence-electron chi connectivity index (χ3n) is 3.77. The van der Waals surface area contributed by atoms with E-state index in [1.165, 1.54) is 37.3 Å². The largest absolute Gasteiger partial charge is 0.451 e. The number of amides is 1. The topological polar surface area (TPSA) is 137 Å². The monoisotopic (exact) mass is 408 g/mol. The molecule has 2 aromatic carbocycles. The molecule has 0 aliphatic carbocycles. The van der Waals surface area contributed by atoms with Crippen molar-refractivity contribution in [2.45, 2.75) is 13.5 Å². The number of benzene rings is 2. The zero-order chi connectivity index (χ0) is 21.5. The summed E-state index contributed by atoms with van der Waals surface area (Å²) >= 11 is 0. The summed E-state index contributed by atoms with van der Waals surface area (Å²) in [6, 6.07) is 14.5. The molecule has 152 valence electrons. The van der Waals surface area contributed by atoms with Crippen molar-refractivity contribution in [3.8, 4) is 11.4 Å². The van der Waals surface area contributed by atoms with Crippen LogP contribution in [0.2, 0.25) is 0 Å². The van der Waals surface area contributed by atoms with Crippen LogP contribution in [0.4, 0.5) is 5.69 Å². The van der Waals surface area contributed by atoms with E-state index in [1.54, 1.807) is 24.3 Å².